The molecule has 0 spiro atoms. The standard InChI is InChI=1S/C50H41N3/c1-49(2,3)30-21-23-43-37(25-30)39-27-31(50(4,5)6)26-38-36-22-24-44-45(48(36)53(43)46(38)39)41-29-34(28-40-35-19-13-14-20-42(35)52(44)47(40)41)51(32-15-9-7-10-16-32)33-17-11-8-12-18-33/h7-29H,1-6H3. The van der Waals surface area contributed by atoms with Crippen LogP contribution in [0.3, 0.4) is 0 Å². The zero-order valence-corrected chi connectivity index (χ0v) is 31.1. The maximum Gasteiger partial charge on any atom is 0.0641 e. The molecule has 0 atom stereocenters. The Hall–Kier alpha value is -6.06. The lowest BCUT2D eigenvalue weighted by Gasteiger charge is -2.25. The topological polar surface area (TPSA) is 12.1 Å². The SMILES string of the molecule is CC(C)(C)c1ccc2c(c1)c1cc(C(C)(C)C)cc3c4ccc5c(c6cc(N(c7ccccc7)c7ccccc7)cc7c8ccccc8n5c76)c4n2c13. The third-order valence-electron chi connectivity index (χ3n) is 11.8. The summed E-state index contributed by atoms with van der Waals surface area (Å²) >= 11 is 0. The van der Waals surface area contributed by atoms with Gasteiger partial charge >= 0.3 is 0 Å². The third kappa shape index (κ3) is 4.11. The molecule has 0 aliphatic heterocycles. The molecule has 256 valence electrons. The molecule has 0 fully saturated rings. The van der Waals surface area contributed by atoms with Crippen molar-refractivity contribution in [3.05, 3.63) is 151 Å². The van der Waals surface area contributed by atoms with Crippen LogP contribution in [0, 0.1) is 0 Å². The summed E-state index contributed by atoms with van der Waals surface area (Å²) in [5.74, 6) is 0. The monoisotopic (exact) mass is 683 g/mol. The van der Waals surface area contributed by atoms with E-state index in [1.807, 2.05) is 0 Å². The van der Waals surface area contributed by atoms with Gasteiger partial charge in [-0.05, 0) is 94.8 Å². The molecule has 4 heterocycles. The number of rotatable bonds is 3. The second kappa shape index (κ2) is 10.3. The fourth-order valence-corrected chi connectivity index (χ4v) is 9.22. The predicted molar refractivity (Wildman–Crippen MR) is 228 cm³/mol. The van der Waals surface area contributed by atoms with Gasteiger partial charge in [-0.1, -0.05) is 108 Å². The van der Waals surface area contributed by atoms with E-state index in [9.17, 15) is 0 Å². The molecule has 53 heavy (non-hydrogen) atoms. The van der Waals surface area contributed by atoms with E-state index in [1.54, 1.807) is 0 Å². The van der Waals surface area contributed by atoms with Crippen molar-refractivity contribution in [1.29, 1.82) is 0 Å². The van der Waals surface area contributed by atoms with E-state index in [2.05, 4.69) is 195 Å². The molecular formula is C50H41N3. The summed E-state index contributed by atoms with van der Waals surface area (Å²) in [6.45, 7) is 14.0. The van der Waals surface area contributed by atoms with Gasteiger partial charge in [0.05, 0.1) is 33.1 Å². The lowest BCUT2D eigenvalue weighted by molar-refractivity contribution is 0.590. The van der Waals surface area contributed by atoms with Crippen molar-refractivity contribution in [2.24, 2.45) is 0 Å². The average Bonchev–Trinajstić information content (AvgIpc) is 3.87. The van der Waals surface area contributed by atoms with Gasteiger partial charge in [0, 0.05) is 60.2 Å². The number of nitrogens with zero attached hydrogens (tertiary/aromatic N) is 3. The Morgan fingerprint density at radius 1 is 0.358 bits per heavy atom. The smallest absolute Gasteiger partial charge is 0.0641 e. The van der Waals surface area contributed by atoms with Crippen molar-refractivity contribution in [2.75, 3.05) is 4.90 Å². The molecule has 4 aromatic heterocycles. The molecule has 3 nitrogen and oxygen atoms in total. The highest BCUT2D eigenvalue weighted by Crippen LogP contribution is 2.49. The molecule has 3 heteroatoms. The largest absolute Gasteiger partial charge is 0.310 e. The van der Waals surface area contributed by atoms with Gasteiger partial charge in [0.1, 0.15) is 0 Å². The minimum absolute atomic E-state index is 0.0102. The summed E-state index contributed by atoms with van der Waals surface area (Å²) in [6, 6.07) is 52.3. The van der Waals surface area contributed by atoms with Gasteiger partial charge in [0.15, 0.2) is 0 Å². The first-order valence-corrected chi connectivity index (χ1v) is 18.9. The molecular weight excluding hydrogens is 643 g/mol. The third-order valence-corrected chi connectivity index (χ3v) is 11.8. The molecule has 0 amide bonds. The summed E-state index contributed by atoms with van der Waals surface area (Å²) in [5.41, 5.74) is 13.9. The first-order chi connectivity index (χ1) is 25.6. The fraction of sp³-hybridized carbons (Fsp3) is 0.160. The van der Waals surface area contributed by atoms with E-state index in [0.717, 1.165) is 17.1 Å². The number of benzene rings is 7. The van der Waals surface area contributed by atoms with Crippen LogP contribution in [0.4, 0.5) is 17.1 Å². The maximum atomic E-state index is 2.60. The van der Waals surface area contributed by atoms with Crippen LogP contribution in [-0.4, -0.2) is 8.80 Å². The van der Waals surface area contributed by atoms with Gasteiger partial charge in [-0.25, -0.2) is 0 Å². The van der Waals surface area contributed by atoms with Crippen LogP contribution in [0.15, 0.2) is 140 Å². The van der Waals surface area contributed by atoms with Crippen LogP contribution in [0.1, 0.15) is 52.7 Å². The van der Waals surface area contributed by atoms with Crippen LogP contribution in [-0.2, 0) is 10.8 Å². The number of hydrogen-bond donors (Lipinski definition) is 0. The van der Waals surface area contributed by atoms with Gasteiger partial charge in [-0.15, -0.1) is 0 Å². The van der Waals surface area contributed by atoms with E-state index in [1.165, 1.54) is 87.3 Å². The number of para-hydroxylation sites is 3. The van der Waals surface area contributed by atoms with Gasteiger partial charge in [0.2, 0.25) is 0 Å². The summed E-state index contributed by atoms with van der Waals surface area (Å²) in [7, 11) is 0. The molecule has 11 rings (SSSR count). The van der Waals surface area contributed by atoms with Crippen molar-refractivity contribution in [2.45, 2.75) is 52.4 Å². The number of aromatic nitrogens is 2. The van der Waals surface area contributed by atoms with Crippen molar-refractivity contribution in [3.63, 3.8) is 0 Å². The Labute approximate surface area is 309 Å². The average molecular weight is 684 g/mol. The van der Waals surface area contributed by atoms with Crippen LogP contribution in [0.5, 0.6) is 0 Å². The van der Waals surface area contributed by atoms with Gasteiger partial charge in [0.25, 0.3) is 0 Å². The van der Waals surface area contributed by atoms with E-state index in [-0.39, 0.29) is 10.8 Å². The van der Waals surface area contributed by atoms with Gasteiger partial charge in [-0.2, -0.15) is 0 Å². The summed E-state index contributed by atoms with van der Waals surface area (Å²) in [4.78, 5) is 2.41. The molecule has 0 aliphatic carbocycles. The first kappa shape index (κ1) is 30.6. The van der Waals surface area contributed by atoms with Crippen molar-refractivity contribution in [3.8, 4) is 0 Å². The van der Waals surface area contributed by atoms with Gasteiger partial charge in [-0.3, -0.25) is 0 Å². The van der Waals surface area contributed by atoms with Gasteiger partial charge < -0.3 is 13.7 Å². The highest BCUT2D eigenvalue weighted by molar-refractivity contribution is 6.34. The zero-order valence-electron chi connectivity index (χ0n) is 31.1. The zero-order chi connectivity index (χ0) is 36.0. The van der Waals surface area contributed by atoms with E-state index in [4.69, 9.17) is 0 Å². The Morgan fingerprint density at radius 3 is 1.57 bits per heavy atom. The molecule has 11 aromatic rings. The first-order valence-electron chi connectivity index (χ1n) is 18.9. The van der Waals surface area contributed by atoms with Crippen LogP contribution >= 0.6 is 0 Å². The molecule has 0 aliphatic rings. The Morgan fingerprint density at radius 2 is 0.887 bits per heavy atom. The Bertz CT molecular complexity index is 3180. The van der Waals surface area contributed by atoms with Crippen LogP contribution < -0.4 is 4.90 Å². The highest BCUT2D eigenvalue weighted by Gasteiger charge is 2.28. The molecule has 0 bridgehead atoms. The van der Waals surface area contributed by atoms with Crippen molar-refractivity contribution < 1.29 is 0 Å². The fourth-order valence-electron chi connectivity index (χ4n) is 9.22. The number of fused-ring (bicyclic) bond motifs is 13. The number of hydrogen-bond acceptors (Lipinski definition) is 1. The highest BCUT2D eigenvalue weighted by atomic mass is 15.1. The molecule has 7 aromatic carbocycles. The molecule has 0 unspecified atom stereocenters. The predicted octanol–water partition coefficient (Wildman–Crippen LogP) is 14.1. The minimum Gasteiger partial charge on any atom is -0.310 e. The van der Waals surface area contributed by atoms with E-state index < -0.39 is 0 Å². The van der Waals surface area contributed by atoms with Crippen LogP contribution in [0.25, 0.3) is 76.2 Å². The number of anilines is 3. The summed E-state index contributed by atoms with van der Waals surface area (Å²) in [5, 5.41) is 10.5. The molecule has 0 N–H and O–H groups in total. The summed E-state index contributed by atoms with van der Waals surface area (Å²) < 4.78 is 5.13. The van der Waals surface area contributed by atoms with Crippen molar-refractivity contribution in [1.82, 2.24) is 8.80 Å². The van der Waals surface area contributed by atoms with Crippen molar-refractivity contribution >= 4 is 93.3 Å². The van der Waals surface area contributed by atoms with E-state index in [0.29, 0.717) is 0 Å². The second-order valence-electron chi connectivity index (χ2n) is 17.1. The molecule has 0 radical (unpaired) electrons. The quantitative estimate of drug-likeness (QED) is 0.180. The molecule has 0 saturated heterocycles. The maximum absolute atomic E-state index is 2.60. The molecule has 0 saturated carbocycles. The minimum atomic E-state index is 0.0102. The second-order valence-corrected chi connectivity index (χ2v) is 17.1. The lowest BCUT2D eigenvalue weighted by Crippen LogP contribution is -2.11. The van der Waals surface area contributed by atoms with Crippen LogP contribution in [0.2, 0.25) is 0 Å². The lowest BCUT2D eigenvalue weighted by atomic mass is 9.84. The van der Waals surface area contributed by atoms with E-state index >= 15 is 0 Å². The summed E-state index contributed by atoms with van der Waals surface area (Å²) in [6.07, 6.45) is 0. The normalized spacial score (nSPS) is 13.1. The Kier molecular flexibility index (Phi) is 5.93. The Balaban J connectivity index is 1.36.